The maximum absolute atomic E-state index is 11.7. The Morgan fingerprint density at radius 2 is 1.89 bits per heavy atom. The van der Waals surface area contributed by atoms with Gasteiger partial charge in [0.25, 0.3) is 0 Å². The summed E-state index contributed by atoms with van der Waals surface area (Å²) in [4.78, 5) is 35.4. The summed E-state index contributed by atoms with van der Waals surface area (Å²) in [7, 11) is 0. The topological polar surface area (TPSA) is 90.3 Å². The third-order valence-electron chi connectivity index (χ3n) is 2.60. The monoisotopic (exact) mass is 261 g/mol. The smallest absolute Gasteiger partial charge is 0.355 e. The standard InChI is InChI=1S/C12H11N3O4/c1-2-14-10(17)11(18)15(12(14)19)13-7-8-5-3-4-6-9(8)16/h3-7,16H,2H2,1H3/b13-7+. The highest BCUT2D eigenvalue weighted by atomic mass is 16.3. The molecule has 1 aliphatic heterocycles. The zero-order valence-electron chi connectivity index (χ0n) is 10.1. The normalized spacial score (nSPS) is 15.9. The largest absolute Gasteiger partial charge is 0.507 e. The lowest BCUT2D eigenvalue weighted by Gasteiger charge is -2.08. The van der Waals surface area contributed by atoms with E-state index in [2.05, 4.69) is 5.10 Å². The van der Waals surface area contributed by atoms with Gasteiger partial charge in [0.15, 0.2) is 0 Å². The molecule has 1 aromatic carbocycles. The van der Waals surface area contributed by atoms with E-state index in [1.54, 1.807) is 25.1 Å². The van der Waals surface area contributed by atoms with Gasteiger partial charge in [-0.3, -0.25) is 14.5 Å². The molecule has 1 N–H and O–H groups in total. The van der Waals surface area contributed by atoms with E-state index in [1.807, 2.05) is 0 Å². The van der Waals surface area contributed by atoms with Gasteiger partial charge in [0.05, 0.1) is 6.21 Å². The van der Waals surface area contributed by atoms with Gasteiger partial charge in [-0.2, -0.15) is 5.10 Å². The molecule has 2 rings (SSSR count). The molecule has 7 heteroatoms. The van der Waals surface area contributed by atoms with Crippen LogP contribution in [0.4, 0.5) is 4.79 Å². The summed E-state index contributed by atoms with van der Waals surface area (Å²) >= 11 is 0. The molecule has 0 unspecified atom stereocenters. The van der Waals surface area contributed by atoms with Crippen LogP contribution in [0.5, 0.6) is 5.75 Å². The number of hydrogen-bond donors (Lipinski definition) is 1. The maximum Gasteiger partial charge on any atom is 0.355 e. The number of phenolic OH excluding ortho intramolecular Hbond substituents is 1. The molecular weight excluding hydrogens is 250 g/mol. The first-order valence-electron chi connectivity index (χ1n) is 5.58. The van der Waals surface area contributed by atoms with Gasteiger partial charge in [0.2, 0.25) is 0 Å². The van der Waals surface area contributed by atoms with Crippen molar-refractivity contribution in [3.8, 4) is 5.75 Å². The van der Waals surface area contributed by atoms with E-state index < -0.39 is 17.8 Å². The van der Waals surface area contributed by atoms with Gasteiger partial charge >= 0.3 is 17.8 Å². The van der Waals surface area contributed by atoms with Gasteiger partial charge in [-0.25, -0.2) is 4.79 Å². The Kier molecular flexibility index (Phi) is 3.28. The van der Waals surface area contributed by atoms with E-state index in [0.29, 0.717) is 10.6 Å². The van der Waals surface area contributed by atoms with Crippen LogP contribution in [0.2, 0.25) is 0 Å². The molecule has 7 nitrogen and oxygen atoms in total. The van der Waals surface area contributed by atoms with E-state index in [-0.39, 0.29) is 12.3 Å². The van der Waals surface area contributed by atoms with Crippen LogP contribution in [0.3, 0.4) is 0 Å². The molecule has 4 amide bonds. The molecule has 98 valence electrons. The second-order valence-electron chi connectivity index (χ2n) is 3.75. The molecule has 19 heavy (non-hydrogen) atoms. The summed E-state index contributed by atoms with van der Waals surface area (Å²) in [5.74, 6) is -1.94. The van der Waals surface area contributed by atoms with Crippen LogP contribution in [0, 0.1) is 0 Å². The quantitative estimate of drug-likeness (QED) is 0.488. The van der Waals surface area contributed by atoms with Crippen molar-refractivity contribution in [3.05, 3.63) is 29.8 Å². The average Bonchev–Trinajstić information content (AvgIpc) is 2.60. The minimum atomic E-state index is -1.00. The zero-order chi connectivity index (χ0) is 14.0. The van der Waals surface area contributed by atoms with Gasteiger partial charge < -0.3 is 5.11 Å². The number of para-hydroxylation sites is 1. The molecule has 0 atom stereocenters. The maximum atomic E-state index is 11.7. The molecule has 0 radical (unpaired) electrons. The highest BCUT2D eigenvalue weighted by molar-refractivity contribution is 6.44. The van der Waals surface area contributed by atoms with E-state index >= 15 is 0 Å². The first-order chi connectivity index (χ1) is 9.06. The molecule has 1 aliphatic rings. The number of carbonyl (C=O) groups excluding carboxylic acids is 3. The number of imide groups is 2. The first kappa shape index (κ1) is 12.7. The van der Waals surface area contributed by atoms with E-state index in [9.17, 15) is 19.5 Å². The van der Waals surface area contributed by atoms with E-state index in [0.717, 1.165) is 11.1 Å². The van der Waals surface area contributed by atoms with Crippen molar-refractivity contribution in [1.29, 1.82) is 0 Å². The van der Waals surface area contributed by atoms with Gasteiger partial charge in [-0.1, -0.05) is 12.1 Å². The Morgan fingerprint density at radius 3 is 2.47 bits per heavy atom. The van der Waals surface area contributed by atoms with Gasteiger partial charge in [-0.15, -0.1) is 5.01 Å². The summed E-state index contributed by atoms with van der Waals surface area (Å²) in [5.41, 5.74) is 0.338. The molecule has 1 aromatic rings. The lowest BCUT2D eigenvalue weighted by atomic mass is 10.2. The van der Waals surface area contributed by atoms with Crippen LogP contribution in [-0.4, -0.2) is 45.6 Å². The Bertz CT molecular complexity index is 582. The number of hydrogen-bond acceptors (Lipinski definition) is 5. The lowest BCUT2D eigenvalue weighted by Crippen LogP contribution is -2.30. The third-order valence-corrected chi connectivity index (χ3v) is 2.60. The molecule has 1 fully saturated rings. The predicted octanol–water partition coefficient (Wildman–Crippen LogP) is 0.537. The fraction of sp³-hybridized carbons (Fsp3) is 0.167. The number of benzene rings is 1. The number of aromatic hydroxyl groups is 1. The Hall–Kier alpha value is -2.70. The Morgan fingerprint density at radius 1 is 1.21 bits per heavy atom. The van der Waals surface area contributed by atoms with Crippen LogP contribution < -0.4 is 0 Å². The number of likely N-dealkylation sites (N-methyl/N-ethyl adjacent to an activating group) is 1. The van der Waals surface area contributed by atoms with Crippen molar-refractivity contribution in [2.24, 2.45) is 5.10 Å². The molecule has 1 saturated heterocycles. The number of rotatable bonds is 3. The van der Waals surface area contributed by atoms with Crippen LogP contribution >= 0.6 is 0 Å². The molecular formula is C12H11N3O4. The summed E-state index contributed by atoms with van der Waals surface area (Å²) < 4.78 is 0. The summed E-state index contributed by atoms with van der Waals surface area (Å²) in [6.45, 7) is 1.69. The predicted molar refractivity (Wildman–Crippen MR) is 65.3 cm³/mol. The number of urea groups is 1. The zero-order valence-corrected chi connectivity index (χ0v) is 10.1. The summed E-state index contributed by atoms with van der Waals surface area (Å²) in [5, 5.41) is 13.6. The molecule has 0 aromatic heterocycles. The number of amides is 4. The first-order valence-corrected chi connectivity index (χ1v) is 5.58. The van der Waals surface area contributed by atoms with Gasteiger partial charge in [-0.05, 0) is 19.1 Å². The minimum absolute atomic E-state index is 0.0379. The number of carbonyl (C=O) groups is 3. The minimum Gasteiger partial charge on any atom is -0.507 e. The van der Waals surface area contributed by atoms with Crippen LogP contribution in [0.15, 0.2) is 29.4 Å². The van der Waals surface area contributed by atoms with Gasteiger partial charge in [0.1, 0.15) is 5.75 Å². The molecule has 1 heterocycles. The highest BCUT2D eigenvalue weighted by Gasteiger charge is 2.43. The molecule has 0 bridgehead atoms. The number of phenols is 1. The fourth-order valence-corrected chi connectivity index (χ4v) is 1.59. The van der Waals surface area contributed by atoms with Crippen LogP contribution in [-0.2, 0) is 9.59 Å². The molecule has 0 spiro atoms. The average molecular weight is 261 g/mol. The van der Waals surface area contributed by atoms with Crippen molar-refractivity contribution in [1.82, 2.24) is 9.91 Å². The molecule has 0 aliphatic carbocycles. The SMILES string of the molecule is CCN1C(=O)C(=O)N(/N=C/c2ccccc2O)C1=O. The molecule has 0 saturated carbocycles. The van der Waals surface area contributed by atoms with Crippen LogP contribution in [0.1, 0.15) is 12.5 Å². The second kappa shape index (κ2) is 4.89. The van der Waals surface area contributed by atoms with Crippen molar-refractivity contribution >= 4 is 24.1 Å². The number of nitrogens with zero attached hydrogens (tertiary/aromatic N) is 3. The highest BCUT2D eigenvalue weighted by Crippen LogP contribution is 2.15. The summed E-state index contributed by atoms with van der Waals surface area (Å²) in [6.07, 6.45) is 1.15. The van der Waals surface area contributed by atoms with Gasteiger partial charge in [0, 0.05) is 12.1 Å². The van der Waals surface area contributed by atoms with Crippen molar-refractivity contribution < 1.29 is 19.5 Å². The second-order valence-corrected chi connectivity index (χ2v) is 3.75. The Balaban J connectivity index is 2.25. The number of hydrazone groups is 1. The third kappa shape index (κ3) is 2.17. The van der Waals surface area contributed by atoms with E-state index in [4.69, 9.17) is 0 Å². The lowest BCUT2D eigenvalue weighted by molar-refractivity contribution is -0.143. The Labute approximate surface area is 108 Å². The fourth-order valence-electron chi connectivity index (χ4n) is 1.59. The van der Waals surface area contributed by atoms with Crippen molar-refractivity contribution in [2.45, 2.75) is 6.92 Å². The van der Waals surface area contributed by atoms with Crippen molar-refractivity contribution in [2.75, 3.05) is 6.54 Å². The summed E-state index contributed by atoms with van der Waals surface area (Å²) in [6, 6.07) is 5.50. The van der Waals surface area contributed by atoms with E-state index in [1.165, 1.54) is 6.07 Å². The van der Waals surface area contributed by atoms with Crippen LogP contribution in [0.25, 0.3) is 0 Å². The van der Waals surface area contributed by atoms with Crippen molar-refractivity contribution in [3.63, 3.8) is 0 Å².